The molecular formula is C22H33N5O4. The van der Waals surface area contributed by atoms with E-state index in [4.69, 9.17) is 0 Å². The van der Waals surface area contributed by atoms with Gasteiger partial charge in [0.25, 0.3) is 11.8 Å². The Labute approximate surface area is 183 Å². The Kier molecular flexibility index (Phi) is 8.61. The standard InChI is InChI=1S/C22H33N5O4/c28-19(9-5-2-6-12-27-20(29)10-11-21(27)30)25-13-15-26(16-14-25)22(31)24-23-17-18-7-3-1-4-8-18/h10-11,17-18H,1-9,12-16H2,(H,24,31)/b23-17+. The Balaban J connectivity index is 1.26. The van der Waals surface area contributed by atoms with Gasteiger partial charge in [0, 0.05) is 57.5 Å². The van der Waals surface area contributed by atoms with Gasteiger partial charge in [-0.05, 0) is 31.6 Å². The lowest BCUT2D eigenvalue weighted by atomic mass is 9.90. The summed E-state index contributed by atoms with van der Waals surface area (Å²) in [7, 11) is 0. The third kappa shape index (κ3) is 6.90. The lowest BCUT2D eigenvalue weighted by Crippen LogP contribution is -2.52. The average Bonchev–Trinajstić information content (AvgIpc) is 3.11. The molecule has 2 aliphatic heterocycles. The molecule has 0 aromatic rings. The van der Waals surface area contributed by atoms with Gasteiger partial charge < -0.3 is 9.80 Å². The molecule has 0 radical (unpaired) electrons. The van der Waals surface area contributed by atoms with Gasteiger partial charge in [-0.3, -0.25) is 19.3 Å². The number of hydrazone groups is 1. The first kappa shape index (κ1) is 23.0. The van der Waals surface area contributed by atoms with Crippen LogP contribution in [-0.2, 0) is 14.4 Å². The lowest BCUT2D eigenvalue weighted by Gasteiger charge is -2.34. The first-order valence-electron chi connectivity index (χ1n) is 11.4. The number of amides is 5. The van der Waals surface area contributed by atoms with Crippen LogP contribution in [0.5, 0.6) is 0 Å². The van der Waals surface area contributed by atoms with Gasteiger partial charge in [0.15, 0.2) is 0 Å². The van der Waals surface area contributed by atoms with Crippen molar-refractivity contribution in [1.29, 1.82) is 0 Å². The monoisotopic (exact) mass is 431 g/mol. The molecule has 3 rings (SSSR count). The van der Waals surface area contributed by atoms with E-state index in [9.17, 15) is 19.2 Å². The molecule has 0 aromatic heterocycles. The second-order valence-corrected chi connectivity index (χ2v) is 8.43. The van der Waals surface area contributed by atoms with Crippen molar-refractivity contribution in [3.8, 4) is 0 Å². The molecule has 9 nitrogen and oxygen atoms in total. The Hall–Kier alpha value is -2.71. The molecule has 5 amide bonds. The van der Waals surface area contributed by atoms with Crippen molar-refractivity contribution >= 4 is 30.0 Å². The molecule has 31 heavy (non-hydrogen) atoms. The van der Waals surface area contributed by atoms with E-state index in [1.165, 1.54) is 36.3 Å². The van der Waals surface area contributed by atoms with Gasteiger partial charge in [-0.2, -0.15) is 5.10 Å². The molecule has 1 aliphatic carbocycles. The molecule has 3 aliphatic rings. The second kappa shape index (κ2) is 11.6. The van der Waals surface area contributed by atoms with Crippen LogP contribution in [0.1, 0.15) is 57.8 Å². The molecule has 1 N–H and O–H groups in total. The molecule has 1 saturated heterocycles. The maximum absolute atomic E-state index is 12.4. The first-order chi connectivity index (χ1) is 15.0. The fraction of sp³-hybridized carbons (Fsp3) is 0.682. The zero-order chi connectivity index (χ0) is 22.1. The Morgan fingerprint density at radius 3 is 2.26 bits per heavy atom. The van der Waals surface area contributed by atoms with Crippen molar-refractivity contribution in [3.63, 3.8) is 0 Å². The van der Waals surface area contributed by atoms with Crippen molar-refractivity contribution < 1.29 is 19.2 Å². The number of carbonyl (C=O) groups is 4. The minimum atomic E-state index is -0.261. The van der Waals surface area contributed by atoms with Gasteiger partial charge in [-0.15, -0.1) is 0 Å². The predicted octanol–water partition coefficient (Wildman–Crippen LogP) is 1.89. The SMILES string of the molecule is O=C(CCCCCN1C(=O)C=CC1=O)N1CCN(C(=O)N/N=C/C2CCCCC2)CC1. The van der Waals surface area contributed by atoms with Crippen LogP contribution in [0, 0.1) is 5.92 Å². The van der Waals surface area contributed by atoms with Gasteiger partial charge in [0.05, 0.1) is 0 Å². The lowest BCUT2D eigenvalue weighted by molar-refractivity contribution is -0.137. The van der Waals surface area contributed by atoms with Crippen LogP contribution >= 0.6 is 0 Å². The molecule has 9 heteroatoms. The smallest absolute Gasteiger partial charge is 0.337 e. The third-order valence-corrected chi connectivity index (χ3v) is 6.19. The van der Waals surface area contributed by atoms with Crippen LogP contribution in [-0.4, -0.2) is 77.4 Å². The Morgan fingerprint density at radius 1 is 0.935 bits per heavy atom. The van der Waals surface area contributed by atoms with Gasteiger partial charge in [-0.25, -0.2) is 10.2 Å². The minimum absolute atomic E-state index is 0.0883. The number of hydrogen-bond acceptors (Lipinski definition) is 5. The fourth-order valence-electron chi connectivity index (χ4n) is 4.24. The summed E-state index contributed by atoms with van der Waals surface area (Å²) in [6.45, 7) is 2.46. The van der Waals surface area contributed by atoms with Crippen LogP contribution < -0.4 is 5.43 Å². The number of imide groups is 1. The van der Waals surface area contributed by atoms with Crippen molar-refractivity contribution in [1.82, 2.24) is 20.1 Å². The summed E-state index contributed by atoms with van der Waals surface area (Å²) in [5, 5.41) is 4.12. The highest BCUT2D eigenvalue weighted by Crippen LogP contribution is 2.21. The summed E-state index contributed by atoms with van der Waals surface area (Å²) < 4.78 is 0. The van der Waals surface area contributed by atoms with Crippen LogP contribution in [0.4, 0.5) is 4.79 Å². The van der Waals surface area contributed by atoms with Crippen molar-refractivity contribution in [2.24, 2.45) is 11.0 Å². The van der Waals surface area contributed by atoms with E-state index >= 15 is 0 Å². The number of carbonyl (C=O) groups excluding carboxylic acids is 4. The van der Waals surface area contributed by atoms with Crippen LogP contribution in [0.15, 0.2) is 17.3 Å². The van der Waals surface area contributed by atoms with E-state index in [0.29, 0.717) is 51.5 Å². The molecule has 0 unspecified atom stereocenters. The number of nitrogens with one attached hydrogen (secondary N) is 1. The van der Waals surface area contributed by atoms with Crippen molar-refractivity contribution in [2.75, 3.05) is 32.7 Å². The molecule has 170 valence electrons. The molecule has 2 fully saturated rings. The number of piperazine rings is 1. The number of rotatable bonds is 8. The van der Waals surface area contributed by atoms with E-state index in [2.05, 4.69) is 10.5 Å². The molecule has 0 atom stereocenters. The second-order valence-electron chi connectivity index (χ2n) is 8.43. The van der Waals surface area contributed by atoms with E-state index in [0.717, 1.165) is 25.7 Å². The number of hydrogen-bond donors (Lipinski definition) is 1. The average molecular weight is 432 g/mol. The van der Waals surface area contributed by atoms with Gasteiger partial charge in [0.1, 0.15) is 0 Å². The maximum Gasteiger partial charge on any atom is 0.337 e. The summed E-state index contributed by atoms with van der Waals surface area (Å²) >= 11 is 0. The fourth-order valence-corrected chi connectivity index (χ4v) is 4.24. The highest BCUT2D eigenvalue weighted by Gasteiger charge is 2.24. The van der Waals surface area contributed by atoms with Gasteiger partial charge in [-0.1, -0.05) is 25.7 Å². The third-order valence-electron chi connectivity index (χ3n) is 6.19. The van der Waals surface area contributed by atoms with E-state index in [-0.39, 0.29) is 23.8 Å². The number of urea groups is 1. The molecule has 1 saturated carbocycles. The quantitative estimate of drug-likeness (QED) is 0.274. The maximum atomic E-state index is 12.4. The number of unbranched alkanes of at least 4 members (excludes halogenated alkanes) is 2. The van der Waals surface area contributed by atoms with Crippen LogP contribution in [0.3, 0.4) is 0 Å². The van der Waals surface area contributed by atoms with Crippen LogP contribution in [0.25, 0.3) is 0 Å². The molecule has 0 aromatic carbocycles. The minimum Gasteiger partial charge on any atom is -0.339 e. The molecular weight excluding hydrogens is 398 g/mol. The molecule has 2 heterocycles. The first-order valence-corrected chi connectivity index (χ1v) is 11.4. The summed E-state index contributed by atoms with van der Waals surface area (Å²) in [5.41, 5.74) is 2.62. The zero-order valence-electron chi connectivity index (χ0n) is 18.1. The normalized spacial score (nSPS) is 20.2. The van der Waals surface area contributed by atoms with Crippen LogP contribution in [0.2, 0.25) is 0 Å². The zero-order valence-corrected chi connectivity index (χ0v) is 18.1. The van der Waals surface area contributed by atoms with Gasteiger partial charge >= 0.3 is 6.03 Å². The number of nitrogens with zero attached hydrogens (tertiary/aromatic N) is 4. The Bertz CT molecular complexity index is 703. The Morgan fingerprint density at radius 2 is 1.58 bits per heavy atom. The molecule has 0 bridgehead atoms. The summed E-state index contributed by atoms with van der Waals surface area (Å²) in [4.78, 5) is 52.3. The van der Waals surface area contributed by atoms with Gasteiger partial charge in [0.2, 0.25) is 5.91 Å². The summed E-state index contributed by atoms with van der Waals surface area (Å²) in [6, 6.07) is -0.209. The van der Waals surface area contributed by atoms with E-state index in [1.54, 1.807) is 9.80 Å². The summed E-state index contributed by atoms with van der Waals surface area (Å²) in [6.07, 6.45) is 13.1. The van der Waals surface area contributed by atoms with E-state index in [1.807, 2.05) is 6.21 Å². The van der Waals surface area contributed by atoms with E-state index < -0.39 is 0 Å². The van der Waals surface area contributed by atoms with Crippen molar-refractivity contribution in [3.05, 3.63) is 12.2 Å². The predicted molar refractivity (Wildman–Crippen MR) is 116 cm³/mol. The topological polar surface area (TPSA) is 102 Å². The highest BCUT2D eigenvalue weighted by atomic mass is 16.2. The summed E-state index contributed by atoms with van der Waals surface area (Å²) in [5.74, 6) is 0.0344. The largest absolute Gasteiger partial charge is 0.339 e. The highest BCUT2D eigenvalue weighted by molar-refractivity contribution is 6.12. The van der Waals surface area contributed by atoms with Crippen molar-refractivity contribution in [2.45, 2.75) is 57.8 Å². The molecule has 0 spiro atoms.